The highest BCUT2D eigenvalue weighted by Crippen LogP contribution is 2.34. The monoisotopic (exact) mass is 230 g/mol. The molecule has 0 aliphatic heterocycles. The fourth-order valence-corrected chi connectivity index (χ4v) is 2.68. The average Bonchev–Trinajstić information content (AvgIpc) is 2.75. The van der Waals surface area contributed by atoms with Crippen LogP contribution in [0.25, 0.3) is 10.9 Å². The standard InChI is InChI=1S/C14H15FN2/c1-8-6-10-13(7-11(8)15)17-12-5-3-4-9(12)14(10)16-2/h6-7H,3-5H2,1-2H3,(H,16,17). The summed E-state index contributed by atoms with van der Waals surface area (Å²) in [5, 5.41) is 4.29. The zero-order chi connectivity index (χ0) is 12.0. The number of nitrogens with one attached hydrogen (secondary N) is 1. The average molecular weight is 230 g/mol. The van der Waals surface area contributed by atoms with E-state index >= 15 is 0 Å². The van der Waals surface area contributed by atoms with Gasteiger partial charge in [-0.3, -0.25) is 4.98 Å². The van der Waals surface area contributed by atoms with E-state index in [4.69, 9.17) is 0 Å². The van der Waals surface area contributed by atoms with Crippen molar-refractivity contribution in [3.8, 4) is 0 Å². The molecule has 0 spiro atoms. The van der Waals surface area contributed by atoms with Crippen molar-refractivity contribution in [2.24, 2.45) is 0 Å². The number of nitrogens with zero attached hydrogens (tertiary/aromatic N) is 1. The van der Waals surface area contributed by atoms with Gasteiger partial charge in [-0.25, -0.2) is 4.39 Å². The third-order valence-electron chi connectivity index (χ3n) is 3.54. The van der Waals surface area contributed by atoms with Gasteiger partial charge in [0.15, 0.2) is 0 Å². The Hall–Kier alpha value is -1.64. The van der Waals surface area contributed by atoms with E-state index in [0.29, 0.717) is 5.56 Å². The summed E-state index contributed by atoms with van der Waals surface area (Å²) < 4.78 is 13.6. The SMILES string of the molecule is CNc1c2c(nc3cc(F)c(C)cc13)CCC2. The van der Waals surface area contributed by atoms with Gasteiger partial charge in [-0.2, -0.15) is 0 Å². The van der Waals surface area contributed by atoms with E-state index in [1.165, 1.54) is 5.56 Å². The molecule has 88 valence electrons. The summed E-state index contributed by atoms with van der Waals surface area (Å²) in [5.41, 5.74) is 5.01. The van der Waals surface area contributed by atoms with E-state index in [1.54, 1.807) is 13.0 Å². The van der Waals surface area contributed by atoms with E-state index in [1.807, 2.05) is 13.1 Å². The Kier molecular flexibility index (Phi) is 2.28. The Bertz CT molecular complexity index is 605. The van der Waals surface area contributed by atoms with Gasteiger partial charge in [0.25, 0.3) is 0 Å². The molecule has 1 aromatic carbocycles. The molecule has 0 amide bonds. The van der Waals surface area contributed by atoms with E-state index in [0.717, 1.165) is 41.5 Å². The third-order valence-corrected chi connectivity index (χ3v) is 3.54. The van der Waals surface area contributed by atoms with Gasteiger partial charge >= 0.3 is 0 Å². The summed E-state index contributed by atoms with van der Waals surface area (Å²) in [7, 11) is 1.92. The maximum atomic E-state index is 13.6. The first-order valence-electron chi connectivity index (χ1n) is 6.00. The number of hydrogen-bond acceptors (Lipinski definition) is 2. The molecule has 0 atom stereocenters. The number of aromatic nitrogens is 1. The summed E-state index contributed by atoms with van der Waals surface area (Å²) in [6, 6.07) is 3.44. The van der Waals surface area contributed by atoms with E-state index in [-0.39, 0.29) is 5.82 Å². The summed E-state index contributed by atoms with van der Waals surface area (Å²) in [4.78, 5) is 4.59. The van der Waals surface area contributed by atoms with Gasteiger partial charge in [-0.1, -0.05) is 0 Å². The van der Waals surface area contributed by atoms with E-state index in [2.05, 4.69) is 10.3 Å². The van der Waals surface area contributed by atoms with Crippen LogP contribution in [0.5, 0.6) is 0 Å². The number of halogens is 1. The lowest BCUT2D eigenvalue weighted by molar-refractivity contribution is 0.620. The lowest BCUT2D eigenvalue weighted by Crippen LogP contribution is -2.00. The van der Waals surface area contributed by atoms with Gasteiger partial charge in [0.1, 0.15) is 5.82 Å². The van der Waals surface area contributed by atoms with Gasteiger partial charge < -0.3 is 5.32 Å². The van der Waals surface area contributed by atoms with Crippen molar-refractivity contribution < 1.29 is 4.39 Å². The molecule has 1 aromatic heterocycles. The molecule has 1 aliphatic carbocycles. The van der Waals surface area contributed by atoms with Crippen LogP contribution in [-0.2, 0) is 12.8 Å². The summed E-state index contributed by atoms with van der Waals surface area (Å²) in [5.74, 6) is -0.176. The first-order valence-corrected chi connectivity index (χ1v) is 6.00. The van der Waals surface area contributed by atoms with Gasteiger partial charge in [0, 0.05) is 29.9 Å². The van der Waals surface area contributed by atoms with Crippen LogP contribution in [0.2, 0.25) is 0 Å². The minimum atomic E-state index is -0.176. The summed E-state index contributed by atoms with van der Waals surface area (Å²) in [6.07, 6.45) is 3.23. The minimum absolute atomic E-state index is 0.176. The van der Waals surface area contributed by atoms with Crippen LogP contribution in [0, 0.1) is 12.7 Å². The number of pyridine rings is 1. The third kappa shape index (κ3) is 1.49. The first-order chi connectivity index (χ1) is 8.20. The van der Waals surface area contributed by atoms with Crippen molar-refractivity contribution in [2.75, 3.05) is 12.4 Å². The van der Waals surface area contributed by atoms with E-state index < -0.39 is 0 Å². The molecule has 0 fully saturated rings. The second-order valence-corrected chi connectivity index (χ2v) is 4.63. The van der Waals surface area contributed by atoms with Crippen molar-refractivity contribution >= 4 is 16.6 Å². The van der Waals surface area contributed by atoms with Crippen LogP contribution in [0.15, 0.2) is 12.1 Å². The fraction of sp³-hybridized carbons (Fsp3) is 0.357. The molecule has 1 N–H and O–H groups in total. The number of anilines is 1. The van der Waals surface area contributed by atoms with Gasteiger partial charge in [-0.05, 0) is 43.4 Å². The van der Waals surface area contributed by atoms with Crippen LogP contribution in [0.4, 0.5) is 10.1 Å². The molecule has 0 bridgehead atoms. The molecule has 0 radical (unpaired) electrons. The number of benzene rings is 1. The zero-order valence-corrected chi connectivity index (χ0v) is 10.1. The highest BCUT2D eigenvalue weighted by Gasteiger charge is 2.19. The van der Waals surface area contributed by atoms with Crippen LogP contribution < -0.4 is 5.32 Å². The molecule has 17 heavy (non-hydrogen) atoms. The Labute approximate surface area is 99.9 Å². The van der Waals surface area contributed by atoms with Crippen LogP contribution in [-0.4, -0.2) is 12.0 Å². The molecule has 0 saturated heterocycles. The molecule has 2 nitrogen and oxygen atoms in total. The first kappa shape index (κ1) is 10.5. The normalized spacial score (nSPS) is 14.1. The predicted molar refractivity (Wildman–Crippen MR) is 68.0 cm³/mol. The Morgan fingerprint density at radius 2 is 2.12 bits per heavy atom. The molecular formula is C14H15FN2. The highest BCUT2D eigenvalue weighted by molar-refractivity contribution is 5.94. The zero-order valence-electron chi connectivity index (χ0n) is 10.1. The molecule has 2 aromatic rings. The number of fused-ring (bicyclic) bond motifs is 2. The summed E-state index contributed by atoms with van der Waals surface area (Å²) >= 11 is 0. The minimum Gasteiger partial charge on any atom is -0.387 e. The fourth-order valence-electron chi connectivity index (χ4n) is 2.68. The van der Waals surface area contributed by atoms with Gasteiger partial charge in [0.2, 0.25) is 0 Å². The Morgan fingerprint density at radius 3 is 2.88 bits per heavy atom. The number of hydrogen-bond donors (Lipinski definition) is 1. The maximum absolute atomic E-state index is 13.6. The molecule has 0 unspecified atom stereocenters. The topological polar surface area (TPSA) is 24.9 Å². The van der Waals surface area contributed by atoms with Crippen LogP contribution >= 0.6 is 0 Å². The van der Waals surface area contributed by atoms with Gasteiger partial charge in [0.05, 0.1) is 5.52 Å². The van der Waals surface area contributed by atoms with E-state index in [9.17, 15) is 4.39 Å². The molecule has 3 rings (SSSR count). The Morgan fingerprint density at radius 1 is 1.29 bits per heavy atom. The smallest absolute Gasteiger partial charge is 0.128 e. The lowest BCUT2D eigenvalue weighted by Gasteiger charge is -2.12. The second kappa shape index (κ2) is 3.69. The molecule has 1 aliphatic rings. The molecule has 1 heterocycles. The van der Waals surface area contributed by atoms with Crippen molar-refractivity contribution in [3.05, 3.63) is 34.8 Å². The number of rotatable bonds is 1. The molecule has 0 saturated carbocycles. The number of aryl methyl sites for hydroxylation is 2. The highest BCUT2D eigenvalue weighted by atomic mass is 19.1. The Balaban J connectivity index is 2.41. The van der Waals surface area contributed by atoms with Crippen molar-refractivity contribution in [1.82, 2.24) is 4.98 Å². The van der Waals surface area contributed by atoms with Gasteiger partial charge in [-0.15, -0.1) is 0 Å². The largest absolute Gasteiger partial charge is 0.387 e. The molecule has 3 heteroatoms. The maximum Gasteiger partial charge on any atom is 0.128 e. The van der Waals surface area contributed by atoms with Crippen LogP contribution in [0.1, 0.15) is 23.2 Å². The predicted octanol–water partition coefficient (Wildman–Crippen LogP) is 3.21. The van der Waals surface area contributed by atoms with Crippen molar-refractivity contribution in [1.29, 1.82) is 0 Å². The van der Waals surface area contributed by atoms with Crippen LogP contribution in [0.3, 0.4) is 0 Å². The summed E-state index contributed by atoms with van der Waals surface area (Å²) in [6.45, 7) is 1.79. The van der Waals surface area contributed by atoms with Crippen molar-refractivity contribution in [3.63, 3.8) is 0 Å². The quantitative estimate of drug-likeness (QED) is 0.813. The van der Waals surface area contributed by atoms with Crippen molar-refractivity contribution in [2.45, 2.75) is 26.2 Å². The second-order valence-electron chi connectivity index (χ2n) is 4.63. The molecular weight excluding hydrogens is 215 g/mol. The lowest BCUT2D eigenvalue weighted by atomic mass is 10.0.